The Morgan fingerprint density at radius 2 is 2.07 bits per heavy atom. The lowest BCUT2D eigenvalue weighted by Gasteiger charge is -2.17. The summed E-state index contributed by atoms with van der Waals surface area (Å²) in [4.78, 5) is 8.03. The Labute approximate surface area is 91.1 Å². The molecule has 1 N–H and O–H groups in total. The molecule has 0 bridgehead atoms. The zero-order valence-electron chi connectivity index (χ0n) is 9.44. The van der Waals surface area contributed by atoms with Gasteiger partial charge in [-0.25, -0.2) is 9.97 Å². The first-order valence-corrected chi connectivity index (χ1v) is 5.44. The summed E-state index contributed by atoms with van der Waals surface area (Å²) in [5.74, 6) is 0. The number of hydrogen-bond acceptors (Lipinski definition) is 4. The number of hydrogen-bond donors (Lipinski definition) is 1. The van der Waals surface area contributed by atoms with Crippen LogP contribution in [0.3, 0.4) is 0 Å². The van der Waals surface area contributed by atoms with E-state index in [9.17, 15) is 0 Å². The Bertz CT molecular complexity index is 245. The molecule has 0 aliphatic heterocycles. The minimum atomic E-state index is 0.200. The van der Waals surface area contributed by atoms with Crippen molar-refractivity contribution in [3.63, 3.8) is 0 Å². The molecule has 4 heteroatoms. The van der Waals surface area contributed by atoms with Gasteiger partial charge in [-0.1, -0.05) is 6.92 Å². The van der Waals surface area contributed by atoms with Gasteiger partial charge in [-0.3, -0.25) is 0 Å². The number of nitrogens with zero attached hydrogens (tertiary/aromatic N) is 2. The van der Waals surface area contributed by atoms with E-state index in [-0.39, 0.29) is 6.04 Å². The van der Waals surface area contributed by atoms with Crippen LogP contribution in [0.5, 0.6) is 0 Å². The molecule has 1 atom stereocenters. The average Bonchev–Trinajstić information content (AvgIpc) is 2.30. The van der Waals surface area contributed by atoms with Crippen molar-refractivity contribution in [2.24, 2.45) is 0 Å². The van der Waals surface area contributed by atoms with Gasteiger partial charge in [0.15, 0.2) is 0 Å². The van der Waals surface area contributed by atoms with Crippen LogP contribution in [0.4, 0.5) is 0 Å². The second-order valence-corrected chi connectivity index (χ2v) is 3.34. The average molecular weight is 209 g/mol. The quantitative estimate of drug-likeness (QED) is 0.740. The van der Waals surface area contributed by atoms with E-state index < -0.39 is 0 Å². The summed E-state index contributed by atoms with van der Waals surface area (Å²) < 4.78 is 5.43. The van der Waals surface area contributed by atoms with E-state index in [0.717, 1.165) is 25.1 Å². The molecule has 1 aromatic rings. The molecule has 1 aromatic heterocycles. The first kappa shape index (κ1) is 12.1. The normalized spacial score (nSPS) is 12.7. The number of nitrogens with one attached hydrogen (secondary N) is 1. The maximum Gasteiger partial charge on any atom is 0.115 e. The monoisotopic (exact) mass is 209 g/mol. The van der Waals surface area contributed by atoms with E-state index in [2.05, 4.69) is 22.2 Å². The number of rotatable bonds is 7. The molecule has 0 saturated carbocycles. The van der Waals surface area contributed by atoms with Crippen LogP contribution in [0, 0.1) is 0 Å². The third kappa shape index (κ3) is 4.36. The summed E-state index contributed by atoms with van der Waals surface area (Å²) in [6.07, 6.45) is 6.32. The molecule has 0 spiro atoms. The molecule has 0 aromatic carbocycles. The van der Waals surface area contributed by atoms with Gasteiger partial charge >= 0.3 is 0 Å². The summed E-state index contributed by atoms with van der Waals surface area (Å²) in [5.41, 5.74) is 1.08. The fourth-order valence-corrected chi connectivity index (χ4v) is 1.32. The van der Waals surface area contributed by atoms with E-state index in [4.69, 9.17) is 4.74 Å². The van der Waals surface area contributed by atoms with E-state index in [1.54, 1.807) is 6.33 Å². The van der Waals surface area contributed by atoms with Gasteiger partial charge in [0.25, 0.3) is 0 Å². The topological polar surface area (TPSA) is 47.0 Å². The second-order valence-electron chi connectivity index (χ2n) is 3.34. The third-order valence-corrected chi connectivity index (χ3v) is 2.11. The minimum absolute atomic E-state index is 0.200. The molecule has 1 heterocycles. The molecule has 0 amide bonds. The highest BCUT2D eigenvalue weighted by molar-refractivity contribution is 5.09. The van der Waals surface area contributed by atoms with Gasteiger partial charge in [0.1, 0.15) is 6.33 Å². The van der Waals surface area contributed by atoms with Gasteiger partial charge in [-0.2, -0.15) is 0 Å². The van der Waals surface area contributed by atoms with Crippen LogP contribution in [0.2, 0.25) is 0 Å². The van der Waals surface area contributed by atoms with E-state index in [0.29, 0.717) is 6.61 Å². The summed E-state index contributed by atoms with van der Waals surface area (Å²) in [6.45, 7) is 6.53. The molecule has 0 saturated heterocycles. The van der Waals surface area contributed by atoms with Crippen molar-refractivity contribution in [3.8, 4) is 0 Å². The summed E-state index contributed by atoms with van der Waals surface area (Å²) in [7, 11) is 0. The van der Waals surface area contributed by atoms with Gasteiger partial charge in [-0.15, -0.1) is 0 Å². The molecular weight excluding hydrogens is 190 g/mol. The van der Waals surface area contributed by atoms with E-state index >= 15 is 0 Å². The lowest BCUT2D eigenvalue weighted by molar-refractivity contribution is 0.123. The Morgan fingerprint density at radius 3 is 2.67 bits per heavy atom. The highest BCUT2D eigenvalue weighted by atomic mass is 16.5. The van der Waals surface area contributed by atoms with Gasteiger partial charge in [0.05, 0.1) is 12.6 Å². The van der Waals surface area contributed by atoms with Gasteiger partial charge in [0.2, 0.25) is 0 Å². The van der Waals surface area contributed by atoms with Crippen LogP contribution in [-0.4, -0.2) is 29.7 Å². The first-order chi connectivity index (χ1) is 7.38. The zero-order valence-corrected chi connectivity index (χ0v) is 9.44. The SMILES string of the molecule is CCCNC(COCC)c1cncnc1. The molecular formula is C11H19N3O. The van der Waals surface area contributed by atoms with Crippen molar-refractivity contribution in [3.05, 3.63) is 24.3 Å². The molecule has 0 radical (unpaired) electrons. The minimum Gasteiger partial charge on any atom is -0.380 e. The number of ether oxygens (including phenoxy) is 1. The largest absolute Gasteiger partial charge is 0.380 e. The van der Waals surface area contributed by atoms with Crippen molar-refractivity contribution in [1.82, 2.24) is 15.3 Å². The van der Waals surface area contributed by atoms with Crippen molar-refractivity contribution in [1.29, 1.82) is 0 Å². The van der Waals surface area contributed by atoms with Crippen LogP contribution in [0.25, 0.3) is 0 Å². The maximum absolute atomic E-state index is 5.43. The van der Waals surface area contributed by atoms with E-state index in [1.165, 1.54) is 0 Å². The van der Waals surface area contributed by atoms with Gasteiger partial charge in [-0.05, 0) is 19.9 Å². The molecule has 1 unspecified atom stereocenters. The summed E-state index contributed by atoms with van der Waals surface area (Å²) in [5, 5.41) is 3.42. The predicted octanol–water partition coefficient (Wildman–Crippen LogP) is 1.55. The maximum atomic E-state index is 5.43. The molecule has 0 aliphatic rings. The van der Waals surface area contributed by atoms with Crippen LogP contribution in [0.1, 0.15) is 31.9 Å². The fourth-order valence-electron chi connectivity index (χ4n) is 1.32. The first-order valence-electron chi connectivity index (χ1n) is 5.44. The Hall–Kier alpha value is -1.00. The van der Waals surface area contributed by atoms with Crippen molar-refractivity contribution >= 4 is 0 Å². The summed E-state index contributed by atoms with van der Waals surface area (Å²) >= 11 is 0. The Morgan fingerprint density at radius 1 is 1.33 bits per heavy atom. The Kier molecular flexibility index (Phi) is 5.88. The second kappa shape index (κ2) is 7.31. The van der Waals surface area contributed by atoms with Gasteiger partial charge in [0, 0.05) is 24.6 Å². The molecule has 0 aliphatic carbocycles. The molecule has 1 rings (SSSR count). The third-order valence-electron chi connectivity index (χ3n) is 2.11. The predicted molar refractivity (Wildman–Crippen MR) is 59.6 cm³/mol. The van der Waals surface area contributed by atoms with Crippen LogP contribution in [0.15, 0.2) is 18.7 Å². The van der Waals surface area contributed by atoms with Gasteiger partial charge < -0.3 is 10.1 Å². The zero-order chi connectivity index (χ0) is 10.9. The lowest BCUT2D eigenvalue weighted by atomic mass is 10.1. The highest BCUT2D eigenvalue weighted by Crippen LogP contribution is 2.10. The Balaban J connectivity index is 2.55. The lowest BCUT2D eigenvalue weighted by Crippen LogP contribution is -2.26. The van der Waals surface area contributed by atoms with Crippen LogP contribution < -0.4 is 5.32 Å². The standard InChI is InChI=1S/C11H19N3O/c1-3-5-14-11(8-15-4-2)10-6-12-9-13-7-10/h6-7,9,11,14H,3-5,8H2,1-2H3. The van der Waals surface area contributed by atoms with Crippen molar-refractivity contribution in [2.75, 3.05) is 19.8 Å². The number of aromatic nitrogens is 2. The molecule has 15 heavy (non-hydrogen) atoms. The van der Waals surface area contributed by atoms with Crippen molar-refractivity contribution in [2.45, 2.75) is 26.3 Å². The molecule has 4 nitrogen and oxygen atoms in total. The summed E-state index contributed by atoms with van der Waals surface area (Å²) in [6, 6.07) is 0.200. The smallest absolute Gasteiger partial charge is 0.115 e. The molecule has 84 valence electrons. The van der Waals surface area contributed by atoms with Crippen molar-refractivity contribution < 1.29 is 4.74 Å². The van der Waals surface area contributed by atoms with Crippen LogP contribution in [-0.2, 0) is 4.74 Å². The van der Waals surface area contributed by atoms with Crippen LogP contribution >= 0.6 is 0 Å². The fraction of sp³-hybridized carbons (Fsp3) is 0.636. The highest BCUT2D eigenvalue weighted by Gasteiger charge is 2.10. The molecule has 0 fully saturated rings. The van der Waals surface area contributed by atoms with E-state index in [1.807, 2.05) is 19.3 Å².